The molecule has 0 aromatic carbocycles. The van der Waals surface area contributed by atoms with Crippen LogP contribution in [-0.4, -0.2) is 11.0 Å². The van der Waals surface area contributed by atoms with Gasteiger partial charge in [-0.3, -0.25) is 5.41 Å². The second-order valence-corrected chi connectivity index (χ2v) is 1.25. The minimum atomic E-state index is -0.0984. The molecule has 0 amide bonds. The molecule has 0 spiro atoms. The van der Waals surface area contributed by atoms with Gasteiger partial charge >= 0.3 is 0 Å². The highest BCUT2D eigenvalue weighted by Gasteiger charge is 2.04. The van der Waals surface area contributed by atoms with Crippen LogP contribution in [0.5, 0.6) is 0 Å². The van der Waals surface area contributed by atoms with Crippen LogP contribution in [0.2, 0.25) is 0 Å². The molecule has 0 saturated carbocycles. The number of rotatable bonds is 0. The second kappa shape index (κ2) is 1.71. The normalized spacial score (nSPS) is 16.2. The predicted octanol–water partition coefficient (Wildman–Crippen LogP) is -0.897. The zero-order valence-corrected chi connectivity index (χ0v) is 4.09. The Morgan fingerprint density at radius 3 is 2.88 bits per heavy atom. The molecule has 0 saturated heterocycles. The lowest BCUT2D eigenvalue weighted by atomic mass is 10.8. The lowest BCUT2D eigenvalue weighted by molar-refractivity contribution is 0.0752. The van der Waals surface area contributed by atoms with Crippen LogP contribution in [-0.2, 0) is 4.84 Å². The van der Waals surface area contributed by atoms with Crippen molar-refractivity contribution in [1.29, 1.82) is 5.41 Å². The molecule has 0 bridgehead atoms. The van der Waals surface area contributed by atoms with Gasteiger partial charge in [0.25, 0.3) is 0 Å². The summed E-state index contributed by atoms with van der Waals surface area (Å²) in [5, 5.41) is 8.04. The molecule has 0 aliphatic carbocycles. The van der Waals surface area contributed by atoms with Crippen molar-refractivity contribution in [3.8, 4) is 0 Å². The van der Waals surface area contributed by atoms with Crippen molar-refractivity contribution in [3.63, 3.8) is 0 Å². The molecule has 0 radical (unpaired) electrons. The fraction of sp³-hybridized carbons (Fsp3) is 0. The van der Waals surface area contributed by atoms with Gasteiger partial charge in [-0.1, -0.05) is 5.59 Å². The topological polar surface area (TPSA) is 74.4 Å². The first-order valence-electron chi connectivity index (χ1n) is 2.02. The Morgan fingerprint density at radius 1 is 1.88 bits per heavy atom. The molecular formula is C3H6N4O. The first-order chi connectivity index (χ1) is 3.80. The molecule has 0 aromatic heterocycles. The van der Waals surface area contributed by atoms with Gasteiger partial charge in [0.2, 0.25) is 5.96 Å². The Morgan fingerprint density at radius 2 is 2.62 bits per heavy atom. The van der Waals surface area contributed by atoms with E-state index in [9.17, 15) is 0 Å². The smallest absolute Gasteiger partial charge is 0.210 e. The summed E-state index contributed by atoms with van der Waals surface area (Å²) in [5.74, 6) is -0.0984. The number of hydrogen-bond donors (Lipinski definition) is 3. The Bertz CT molecular complexity index is 131. The summed E-state index contributed by atoms with van der Waals surface area (Å²) in [7, 11) is 0. The van der Waals surface area contributed by atoms with Crippen LogP contribution in [0.1, 0.15) is 0 Å². The molecule has 44 valence electrons. The van der Waals surface area contributed by atoms with E-state index in [1.807, 2.05) is 0 Å². The number of nitrogens with two attached hydrogens (primary N) is 1. The first kappa shape index (κ1) is 4.92. The lowest BCUT2D eigenvalue weighted by Gasteiger charge is -2.08. The van der Waals surface area contributed by atoms with Gasteiger partial charge in [0.05, 0.1) is 6.20 Å². The van der Waals surface area contributed by atoms with Gasteiger partial charge in [0.15, 0.2) is 0 Å². The average molecular weight is 114 g/mol. The Balaban J connectivity index is 2.48. The van der Waals surface area contributed by atoms with E-state index in [0.29, 0.717) is 0 Å². The van der Waals surface area contributed by atoms with Crippen LogP contribution >= 0.6 is 0 Å². The molecular weight excluding hydrogens is 108 g/mol. The summed E-state index contributed by atoms with van der Waals surface area (Å²) in [5.41, 5.74) is 7.34. The van der Waals surface area contributed by atoms with Gasteiger partial charge in [0.1, 0.15) is 6.26 Å². The van der Waals surface area contributed by atoms with E-state index in [0.717, 1.165) is 0 Å². The van der Waals surface area contributed by atoms with Gasteiger partial charge in [-0.15, -0.1) is 0 Å². The van der Waals surface area contributed by atoms with E-state index < -0.39 is 0 Å². The first-order valence-corrected chi connectivity index (χ1v) is 2.02. The van der Waals surface area contributed by atoms with Crippen LogP contribution in [0.3, 0.4) is 0 Å². The third-order valence-corrected chi connectivity index (χ3v) is 0.689. The van der Waals surface area contributed by atoms with Crippen LogP contribution in [0.15, 0.2) is 12.5 Å². The minimum absolute atomic E-state index is 0.0984. The van der Waals surface area contributed by atoms with E-state index in [1.54, 1.807) is 0 Å². The van der Waals surface area contributed by atoms with Crippen molar-refractivity contribution < 1.29 is 4.84 Å². The highest BCUT2D eigenvalue weighted by molar-refractivity contribution is 5.75. The standard InChI is InChI=1S/C3H6N4O/c4-3(5)7-1-2-8-6-7/h1-2,6H,(H3,4,5). The maximum Gasteiger partial charge on any atom is 0.210 e. The molecule has 8 heavy (non-hydrogen) atoms. The van der Waals surface area contributed by atoms with Crippen molar-refractivity contribution in [2.24, 2.45) is 5.73 Å². The summed E-state index contributed by atoms with van der Waals surface area (Å²) < 4.78 is 0. The highest BCUT2D eigenvalue weighted by atomic mass is 16.7. The molecule has 5 heteroatoms. The zero-order valence-electron chi connectivity index (χ0n) is 4.09. The SMILES string of the molecule is N=C(N)N1C=CON1. The molecule has 1 aliphatic rings. The van der Waals surface area contributed by atoms with Gasteiger partial charge in [-0.25, -0.2) is 5.01 Å². The molecule has 0 fully saturated rings. The van der Waals surface area contributed by atoms with E-state index in [1.165, 1.54) is 17.5 Å². The average Bonchev–Trinajstić information content (AvgIpc) is 2.12. The Kier molecular flexibility index (Phi) is 1.05. The molecule has 1 heterocycles. The molecule has 0 atom stereocenters. The fourth-order valence-electron chi connectivity index (χ4n) is 0.338. The summed E-state index contributed by atoms with van der Waals surface area (Å²) in [6.07, 6.45) is 2.89. The maximum atomic E-state index is 6.80. The minimum Gasteiger partial charge on any atom is -0.395 e. The van der Waals surface area contributed by atoms with Crippen LogP contribution < -0.4 is 11.3 Å². The molecule has 1 rings (SSSR count). The third-order valence-electron chi connectivity index (χ3n) is 0.689. The zero-order chi connectivity index (χ0) is 5.98. The summed E-state index contributed by atoms with van der Waals surface area (Å²) >= 11 is 0. The van der Waals surface area contributed by atoms with E-state index in [2.05, 4.69) is 10.4 Å². The predicted molar refractivity (Wildman–Crippen MR) is 27.1 cm³/mol. The van der Waals surface area contributed by atoms with Gasteiger partial charge in [0, 0.05) is 0 Å². The number of hydrazine groups is 1. The number of guanidine groups is 1. The summed E-state index contributed by atoms with van der Waals surface area (Å²) in [6, 6.07) is 0. The van der Waals surface area contributed by atoms with Gasteiger partial charge < -0.3 is 10.6 Å². The van der Waals surface area contributed by atoms with Gasteiger partial charge in [-0.05, 0) is 0 Å². The van der Waals surface area contributed by atoms with Crippen LogP contribution in [0.25, 0.3) is 0 Å². The number of nitrogens with zero attached hydrogens (tertiary/aromatic N) is 1. The largest absolute Gasteiger partial charge is 0.395 e. The monoisotopic (exact) mass is 114 g/mol. The molecule has 0 unspecified atom stereocenters. The summed E-state index contributed by atoms with van der Waals surface area (Å²) in [4.78, 5) is 4.49. The Hall–Kier alpha value is -1.23. The Labute approximate surface area is 46.1 Å². The number of hydrogen-bond acceptors (Lipinski definition) is 3. The number of nitrogens with one attached hydrogen (secondary N) is 2. The van der Waals surface area contributed by atoms with Gasteiger partial charge in [-0.2, -0.15) is 0 Å². The van der Waals surface area contributed by atoms with Crippen molar-refractivity contribution in [1.82, 2.24) is 10.6 Å². The van der Waals surface area contributed by atoms with Crippen molar-refractivity contribution >= 4 is 5.96 Å². The van der Waals surface area contributed by atoms with E-state index >= 15 is 0 Å². The van der Waals surface area contributed by atoms with Crippen molar-refractivity contribution in [3.05, 3.63) is 12.5 Å². The fourth-order valence-corrected chi connectivity index (χ4v) is 0.338. The molecule has 1 aliphatic heterocycles. The molecule has 5 nitrogen and oxygen atoms in total. The molecule has 4 N–H and O–H groups in total. The van der Waals surface area contributed by atoms with Crippen molar-refractivity contribution in [2.75, 3.05) is 0 Å². The second-order valence-electron chi connectivity index (χ2n) is 1.25. The maximum absolute atomic E-state index is 6.80. The van der Waals surface area contributed by atoms with Crippen LogP contribution in [0.4, 0.5) is 0 Å². The highest BCUT2D eigenvalue weighted by Crippen LogP contribution is 1.90. The van der Waals surface area contributed by atoms with E-state index in [-0.39, 0.29) is 5.96 Å². The lowest BCUT2D eigenvalue weighted by Crippen LogP contribution is -2.38. The molecule has 0 aromatic rings. The van der Waals surface area contributed by atoms with Crippen LogP contribution in [0, 0.1) is 5.41 Å². The summed E-state index contributed by atoms with van der Waals surface area (Å²) in [6.45, 7) is 0. The van der Waals surface area contributed by atoms with E-state index in [4.69, 9.17) is 11.1 Å². The third kappa shape index (κ3) is 0.710. The van der Waals surface area contributed by atoms with Crippen molar-refractivity contribution in [2.45, 2.75) is 0 Å². The quantitative estimate of drug-likeness (QED) is 0.282.